The Balaban J connectivity index is 3.22. The normalized spacial score (nSPS) is 11.9. The molecule has 0 aliphatic rings. The number of rotatable bonds is 9. The van der Waals surface area contributed by atoms with Crippen molar-refractivity contribution in [2.45, 2.75) is 45.4 Å². The Bertz CT molecular complexity index is 215. The van der Waals surface area contributed by atoms with Crippen LogP contribution in [0.2, 0.25) is 0 Å². The van der Waals surface area contributed by atoms with Crippen LogP contribution in [0.1, 0.15) is 45.4 Å². The van der Waals surface area contributed by atoms with Gasteiger partial charge >= 0.3 is 10.4 Å². The van der Waals surface area contributed by atoms with E-state index in [0.29, 0.717) is 0 Å². The van der Waals surface area contributed by atoms with Crippen LogP contribution < -0.4 is 0 Å². The highest BCUT2D eigenvalue weighted by Gasteiger charge is 2.08. The lowest BCUT2D eigenvalue weighted by Crippen LogP contribution is -2.05. The predicted octanol–water partition coefficient (Wildman–Crippen LogP) is 2.97. The standard InChI is InChI=1S/C8H17IO4S/c1-2-3-4-5-6-7-8-12-14(10,11)13-9/h2-8H2,1H3. The summed E-state index contributed by atoms with van der Waals surface area (Å²) in [6, 6.07) is 0. The summed E-state index contributed by atoms with van der Waals surface area (Å²) in [5.41, 5.74) is 0. The molecule has 14 heavy (non-hydrogen) atoms. The van der Waals surface area contributed by atoms with E-state index in [4.69, 9.17) is 0 Å². The van der Waals surface area contributed by atoms with Crippen LogP contribution in [0, 0.1) is 0 Å². The van der Waals surface area contributed by atoms with Gasteiger partial charge in [-0.3, -0.25) is 0 Å². The SMILES string of the molecule is CCCCCCCCOS(=O)(=O)OI. The minimum absolute atomic E-state index is 0.220. The second-order valence-corrected chi connectivity index (χ2v) is 5.32. The molecule has 0 bridgehead atoms. The molecule has 0 fully saturated rings. The lowest BCUT2D eigenvalue weighted by molar-refractivity contribution is 0.279. The second kappa shape index (κ2) is 8.87. The van der Waals surface area contributed by atoms with Crippen molar-refractivity contribution in [3.63, 3.8) is 0 Å². The van der Waals surface area contributed by atoms with Crippen LogP contribution in [0.25, 0.3) is 0 Å². The van der Waals surface area contributed by atoms with E-state index >= 15 is 0 Å². The molecule has 0 spiro atoms. The molecule has 0 N–H and O–H groups in total. The molecule has 4 nitrogen and oxygen atoms in total. The Morgan fingerprint density at radius 3 is 2.21 bits per heavy atom. The zero-order valence-electron chi connectivity index (χ0n) is 8.37. The molecule has 0 aromatic rings. The third-order valence-corrected chi connectivity index (χ3v) is 3.73. The first-order valence-corrected chi connectivity index (χ1v) is 7.03. The maximum Gasteiger partial charge on any atom is 0.409 e. The molecule has 6 heteroatoms. The molecule has 0 unspecified atom stereocenters. The number of unbranched alkanes of at least 4 members (excludes halogenated alkanes) is 5. The third-order valence-electron chi connectivity index (χ3n) is 1.80. The fourth-order valence-electron chi connectivity index (χ4n) is 1.06. The van der Waals surface area contributed by atoms with Crippen LogP contribution in [-0.4, -0.2) is 15.0 Å². The monoisotopic (exact) mass is 336 g/mol. The molecule has 0 saturated carbocycles. The molecule has 86 valence electrons. The molecular weight excluding hydrogens is 319 g/mol. The fraction of sp³-hybridized carbons (Fsp3) is 1.00. The minimum atomic E-state index is -3.73. The summed E-state index contributed by atoms with van der Waals surface area (Å²) in [4.78, 5) is 0. The van der Waals surface area contributed by atoms with Gasteiger partial charge in [0, 0.05) is 0 Å². The molecule has 0 aromatic heterocycles. The van der Waals surface area contributed by atoms with Crippen molar-refractivity contribution in [3.8, 4) is 0 Å². The number of halogens is 1. The van der Waals surface area contributed by atoms with Crippen molar-refractivity contribution < 1.29 is 15.1 Å². The molecule has 0 radical (unpaired) electrons. The van der Waals surface area contributed by atoms with E-state index in [2.05, 4.69) is 13.6 Å². The highest BCUT2D eigenvalue weighted by molar-refractivity contribution is 14.1. The Kier molecular flexibility index (Phi) is 9.25. The third kappa shape index (κ3) is 9.17. The van der Waals surface area contributed by atoms with Gasteiger partial charge in [0.05, 0.1) is 6.61 Å². The molecule has 0 aliphatic carbocycles. The van der Waals surface area contributed by atoms with Gasteiger partial charge in [-0.05, 0) is 6.42 Å². The second-order valence-electron chi connectivity index (χ2n) is 3.06. The average Bonchev–Trinajstić information content (AvgIpc) is 2.16. The summed E-state index contributed by atoms with van der Waals surface area (Å²) in [6.07, 6.45) is 6.59. The van der Waals surface area contributed by atoms with E-state index in [0.717, 1.165) is 19.3 Å². The van der Waals surface area contributed by atoms with Gasteiger partial charge in [-0.1, -0.05) is 39.0 Å². The summed E-state index contributed by atoms with van der Waals surface area (Å²) in [6.45, 7) is 2.38. The molecule has 0 saturated heterocycles. The van der Waals surface area contributed by atoms with Gasteiger partial charge in [-0.25, -0.2) is 4.18 Å². The van der Waals surface area contributed by atoms with Gasteiger partial charge in [0.15, 0.2) is 0 Å². The molecule has 0 heterocycles. The molecule has 0 amide bonds. The summed E-state index contributed by atoms with van der Waals surface area (Å²) in [5.74, 6) is 0. The molecule has 0 aromatic carbocycles. The van der Waals surface area contributed by atoms with E-state index in [1.807, 2.05) is 0 Å². The molecule has 0 atom stereocenters. The van der Waals surface area contributed by atoms with Crippen LogP contribution >= 0.6 is 23.0 Å². The van der Waals surface area contributed by atoms with E-state index < -0.39 is 10.4 Å². The molecule has 0 aliphatic heterocycles. The van der Waals surface area contributed by atoms with Crippen LogP contribution in [-0.2, 0) is 17.1 Å². The zero-order valence-corrected chi connectivity index (χ0v) is 11.3. The summed E-state index contributed by atoms with van der Waals surface area (Å²) in [7, 11) is -3.73. The predicted molar refractivity (Wildman–Crippen MR) is 63.4 cm³/mol. The van der Waals surface area contributed by atoms with Gasteiger partial charge in [-0.15, -0.1) is 0 Å². The zero-order chi connectivity index (χ0) is 10.9. The quantitative estimate of drug-likeness (QED) is 0.480. The maximum atomic E-state index is 10.7. The number of hydrogen-bond acceptors (Lipinski definition) is 4. The fourth-order valence-corrected chi connectivity index (χ4v) is 1.73. The lowest BCUT2D eigenvalue weighted by atomic mass is 10.1. The van der Waals surface area contributed by atoms with Crippen molar-refractivity contribution in [2.75, 3.05) is 6.61 Å². The van der Waals surface area contributed by atoms with E-state index in [9.17, 15) is 8.42 Å². The van der Waals surface area contributed by atoms with Gasteiger partial charge < -0.3 is 0 Å². The highest BCUT2D eigenvalue weighted by atomic mass is 127. The molecular formula is C8H17IO4S. The van der Waals surface area contributed by atoms with Gasteiger partial charge in [-0.2, -0.15) is 10.9 Å². The van der Waals surface area contributed by atoms with Gasteiger partial charge in [0.1, 0.15) is 23.0 Å². The topological polar surface area (TPSA) is 52.6 Å². The maximum absolute atomic E-state index is 10.7. The van der Waals surface area contributed by atoms with Crippen LogP contribution in [0.5, 0.6) is 0 Å². The van der Waals surface area contributed by atoms with Crippen LogP contribution in [0.15, 0.2) is 0 Å². The Labute approximate surface area is 100 Å². The van der Waals surface area contributed by atoms with E-state index in [1.165, 1.54) is 42.3 Å². The highest BCUT2D eigenvalue weighted by Crippen LogP contribution is 2.07. The van der Waals surface area contributed by atoms with E-state index in [-0.39, 0.29) is 6.61 Å². The summed E-state index contributed by atoms with van der Waals surface area (Å²) < 4.78 is 30.0. The van der Waals surface area contributed by atoms with Crippen LogP contribution in [0.4, 0.5) is 0 Å². The van der Waals surface area contributed by atoms with Gasteiger partial charge in [0.25, 0.3) is 0 Å². The first-order chi connectivity index (χ1) is 6.62. The largest absolute Gasteiger partial charge is 0.409 e. The van der Waals surface area contributed by atoms with Crippen molar-refractivity contribution >= 4 is 33.4 Å². The first-order valence-electron chi connectivity index (χ1n) is 4.82. The Morgan fingerprint density at radius 2 is 1.64 bits per heavy atom. The summed E-state index contributed by atoms with van der Waals surface area (Å²) in [5, 5.41) is 0. The Morgan fingerprint density at radius 1 is 1.07 bits per heavy atom. The summed E-state index contributed by atoms with van der Waals surface area (Å²) >= 11 is 1.30. The van der Waals surface area contributed by atoms with Gasteiger partial charge in [0.2, 0.25) is 0 Å². The average molecular weight is 336 g/mol. The lowest BCUT2D eigenvalue weighted by Gasteiger charge is -2.01. The minimum Gasteiger partial charge on any atom is -0.248 e. The molecule has 0 rings (SSSR count). The van der Waals surface area contributed by atoms with Crippen LogP contribution in [0.3, 0.4) is 0 Å². The van der Waals surface area contributed by atoms with E-state index in [1.54, 1.807) is 0 Å². The smallest absolute Gasteiger partial charge is 0.248 e. The first kappa shape index (κ1) is 14.6. The van der Waals surface area contributed by atoms with Crippen molar-refractivity contribution in [1.82, 2.24) is 0 Å². The number of hydrogen-bond donors (Lipinski definition) is 0. The van der Waals surface area contributed by atoms with Crippen molar-refractivity contribution in [1.29, 1.82) is 0 Å². The Hall–Kier alpha value is 0.600. The van der Waals surface area contributed by atoms with Crippen molar-refractivity contribution in [2.24, 2.45) is 0 Å². The van der Waals surface area contributed by atoms with Crippen molar-refractivity contribution in [3.05, 3.63) is 0 Å².